The molecule has 0 aliphatic carbocycles. The van der Waals surface area contributed by atoms with Crippen molar-refractivity contribution >= 4 is 30.7 Å². The van der Waals surface area contributed by atoms with E-state index >= 15 is 0 Å². The molecule has 0 spiro atoms. The Morgan fingerprint density at radius 1 is 1.42 bits per heavy atom. The summed E-state index contributed by atoms with van der Waals surface area (Å²) >= 11 is 0. The van der Waals surface area contributed by atoms with E-state index in [1.54, 1.807) is 23.1 Å². The molecule has 1 fully saturated rings. The van der Waals surface area contributed by atoms with E-state index in [0.717, 1.165) is 38.2 Å². The zero-order chi connectivity index (χ0) is 15.4. The van der Waals surface area contributed by atoms with Crippen LogP contribution >= 0.6 is 24.8 Å². The first-order valence-electron chi connectivity index (χ1n) is 7.77. The summed E-state index contributed by atoms with van der Waals surface area (Å²) in [7, 11) is 0. The number of carbonyl (C=O) groups excluding carboxylic acids is 1. The van der Waals surface area contributed by atoms with Gasteiger partial charge in [0.05, 0.1) is 5.69 Å². The molecule has 1 N–H and O–H groups in total. The standard InChI is InChI=1S/C16H21N5O.2ClH/c1-2-9-20(14-4-7-17-12-14)16(22)15-11-13(5-8-18-15)21-10-3-6-19-21;;/h3,5-6,8,10-11,14,17H,2,4,7,9,12H2,1H3;2*1H. The molecule has 6 nitrogen and oxygen atoms in total. The van der Waals surface area contributed by atoms with Crippen molar-refractivity contribution < 1.29 is 4.79 Å². The van der Waals surface area contributed by atoms with E-state index in [1.165, 1.54) is 0 Å². The lowest BCUT2D eigenvalue weighted by atomic mass is 10.2. The first kappa shape index (κ1) is 20.4. The van der Waals surface area contributed by atoms with Gasteiger partial charge in [0, 0.05) is 37.7 Å². The van der Waals surface area contributed by atoms with Crippen LogP contribution in [0.1, 0.15) is 30.3 Å². The quantitative estimate of drug-likeness (QED) is 0.875. The van der Waals surface area contributed by atoms with Gasteiger partial charge in [0.15, 0.2) is 0 Å². The minimum absolute atomic E-state index is 0. The third-order valence-electron chi connectivity index (χ3n) is 3.93. The van der Waals surface area contributed by atoms with E-state index in [-0.39, 0.29) is 36.8 Å². The van der Waals surface area contributed by atoms with Crippen LogP contribution in [-0.2, 0) is 0 Å². The number of nitrogens with zero attached hydrogens (tertiary/aromatic N) is 4. The highest BCUT2D eigenvalue weighted by atomic mass is 35.5. The zero-order valence-electron chi connectivity index (χ0n) is 13.6. The highest BCUT2D eigenvalue weighted by Crippen LogP contribution is 2.15. The number of aromatic nitrogens is 3. The van der Waals surface area contributed by atoms with Crippen molar-refractivity contribution in [3.63, 3.8) is 0 Å². The monoisotopic (exact) mass is 371 g/mol. The van der Waals surface area contributed by atoms with Crippen LogP contribution in [0.3, 0.4) is 0 Å². The second-order valence-electron chi connectivity index (χ2n) is 5.50. The average molecular weight is 372 g/mol. The maximum Gasteiger partial charge on any atom is 0.272 e. The van der Waals surface area contributed by atoms with E-state index in [1.807, 2.05) is 23.2 Å². The maximum atomic E-state index is 12.8. The van der Waals surface area contributed by atoms with Gasteiger partial charge in [-0.2, -0.15) is 5.10 Å². The third kappa shape index (κ3) is 4.47. The Morgan fingerprint density at radius 2 is 2.25 bits per heavy atom. The lowest BCUT2D eigenvalue weighted by Gasteiger charge is -2.28. The molecule has 1 aliphatic heterocycles. The average Bonchev–Trinajstić information content (AvgIpc) is 3.25. The van der Waals surface area contributed by atoms with Gasteiger partial charge >= 0.3 is 0 Å². The van der Waals surface area contributed by atoms with Gasteiger partial charge in [0.1, 0.15) is 5.69 Å². The van der Waals surface area contributed by atoms with Gasteiger partial charge in [-0.15, -0.1) is 24.8 Å². The van der Waals surface area contributed by atoms with Gasteiger partial charge in [-0.3, -0.25) is 9.78 Å². The van der Waals surface area contributed by atoms with Crippen LogP contribution in [0.15, 0.2) is 36.8 Å². The van der Waals surface area contributed by atoms with Crippen molar-refractivity contribution in [2.75, 3.05) is 19.6 Å². The number of amides is 1. The number of hydrogen-bond donors (Lipinski definition) is 1. The van der Waals surface area contributed by atoms with Gasteiger partial charge < -0.3 is 10.2 Å². The number of hydrogen-bond acceptors (Lipinski definition) is 4. The summed E-state index contributed by atoms with van der Waals surface area (Å²) in [6, 6.07) is 5.78. The molecule has 1 saturated heterocycles. The van der Waals surface area contributed by atoms with E-state index < -0.39 is 0 Å². The van der Waals surface area contributed by atoms with Crippen LogP contribution in [0.4, 0.5) is 0 Å². The fraction of sp³-hybridized carbons (Fsp3) is 0.438. The lowest BCUT2D eigenvalue weighted by Crippen LogP contribution is -2.42. The van der Waals surface area contributed by atoms with Crippen molar-refractivity contribution in [3.8, 4) is 5.69 Å². The molecule has 0 aromatic carbocycles. The Kier molecular flexibility index (Phi) is 8.18. The number of nitrogens with one attached hydrogen (secondary N) is 1. The molecule has 3 heterocycles. The van der Waals surface area contributed by atoms with Crippen LogP contribution < -0.4 is 5.32 Å². The second kappa shape index (κ2) is 9.61. The smallest absolute Gasteiger partial charge is 0.272 e. The van der Waals surface area contributed by atoms with Crippen LogP contribution in [-0.4, -0.2) is 51.2 Å². The van der Waals surface area contributed by atoms with Gasteiger partial charge in [-0.25, -0.2) is 4.68 Å². The molecule has 0 saturated carbocycles. The fourth-order valence-electron chi connectivity index (χ4n) is 2.84. The first-order valence-corrected chi connectivity index (χ1v) is 7.77. The molecule has 0 radical (unpaired) electrons. The predicted octanol–water partition coefficient (Wildman–Crippen LogP) is 2.33. The van der Waals surface area contributed by atoms with Gasteiger partial charge in [0.25, 0.3) is 5.91 Å². The van der Waals surface area contributed by atoms with Gasteiger partial charge in [-0.1, -0.05) is 6.92 Å². The molecular weight excluding hydrogens is 349 g/mol. The SMILES string of the molecule is CCCN(C(=O)c1cc(-n2cccn2)ccn1)C1CCNC1.Cl.Cl. The molecule has 1 aliphatic rings. The topological polar surface area (TPSA) is 63.1 Å². The van der Waals surface area contributed by atoms with E-state index in [4.69, 9.17) is 0 Å². The van der Waals surface area contributed by atoms with Gasteiger partial charge in [-0.05, 0) is 37.6 Å². The summed E-state index contributed by atoms with van der Waals surface area (Å²) in [5, 5.41) is 7.52. The Labute approximate surface area is 154 Å². The van der Waals surface area contributed by atoms with Crippen molar-refractivity contribution in [3.05, 3.63) is 42.5 Å². The summed E-state index contributed by atoms with van der Waals surface area (Å²) in [5.41, 5.74) is 1.33. The Balaban J connectivity index is 0.00000144. The molecule has 24 heavy (non-hydrogen) atoms. The minimum Gasteiger partial charge on any atom is -0.333 e. The molecule has 0 bridgehead atoms. The molecule has 1 amide bonds. The van der Waals surface area contributed by atoms with E-state index in [9.17, 15) is 4.79 Å². The molecule has 8 heteroatoms. The van der Waals surface area contributed by atoms with Crippen LogP contribution in [0.5, 0.6) is 0 Å². The summed E-state index contributed by atoms with van der Waals surface area (Å²) in [6.07, 6.45) is 7.19. The number of carbonyl (C=O) groups is 1. The number of rotatable bonds is 5. The number of pyridine rings is 1. The van der Waals surface area contributed by atoms with Crippen LogP contribution in [0, 0.1) is 0 Å². The zero-order valence-corrected chi connectivity index (χ0v) is 15.2. The summed E-state index contributed by atoms with van der Waals surface area (Å²) < 4.78 is 1.74. The maximum absolute atomic E-state index is 12.8. The van der Waals surface area contributed by atoms with Crippen LogP contribution in [0.2, 0.25) is 0 Å². The van der Waals surface area contributed by atoms with Crippen molar-refractivity contribution in [1.29, 1.82) is 0 Å². The molecule has 2 aromatic heterocycles. The van der Waals surface area contributed by atoms with E-state index in [0.29, 0.717) is 5.69 Å². The Morgan fingerprint density at radius 3 is 2.88 bits per heavy atom. The fourth-order valence-corrected chi connectivity index (χ4v) is 2.84. The molecular formula is C16H23Cl2N5O. The van der Waals surface area contributed by atoms with Crippen molar-refractivity contribution in [2.45, 2.75) is 25.8 Å². The third-order valence-corrected chi connectivity index (χ3v) is 3.93. The molecule has 132 valence electrons. The van der Waals surface area contributed by atoms with E-state index in [2.05, 4.69) is 22.3 Å². The summed E-state index contributed by atoms with van der Waals surface area (Å²) in [5.74, 6) is 0.00422. The Bertz CT molecular complexity index is 629. The largest absolute Gasteiger partial charge is 0.333 e. The molecule has 3 rings (SSSR count). The highest BCUT2D eigenvalue weighted by molar-refractivity contribution is 5.93. The molecule has 1 unspecified atom stereocenters. The first-order chi connectivity index (χ1) is 10.8. The Hall–Kier alpha value is -1.63. The molecule has 1 atom stereocenters. The van der Waals surface area contributed by atoms with Crippen LogP contribution in [0.25, 0.3) is 5.69 Å². The lowest BCUT2D eigenvalue weighted by molar-refractivity contribution is 0.0686. The highest BCUT2D eigenvalue weighted by Gasteiger charge is 2.27. The number of halogens is 2. The normalized spacial score (nSPS) is 16.1. The summed E-state index contributed by atoms with van der Waals surface area (Å²) in [6.45, 7) is 4.69. The molecule has 2 aromatic rings. The van der Waals surface area contributed by atoms with Crippen molar-refractivity contribution in [2.24, 2.45) is 0 Å². The predicted molar refractivity (Wildman–Crippen MR) is 98.5 cm³/mol. The minimum atomic E-state index is 0. The second-order valence-corrected chi connectivity index (χ2v) is 5.50. The summed E-state index contributed by atoms with van der Waals surface area (Å²) in [4.78, 5) is 19.1. The van der Waals surface area contributed by atoms with Crippen molar-refractivity contribution in [1.82, 2.24) is 25.0 Å². The van der Waals surface area contributed by atoms with Gasteiger partial charge in [0.2, 0.25) is 0 Å².